The average molecular weight is 270 g/mol. The molecule has 0 spiro atoms. The van der Waals surface area contributed by atoms with Crippen LogP contribution in [0.1, 0.15) is 26.3 Å². The molecule has 1 rings (SSSR count). The summed E-state index contributed by atoms with van der Waals surface area (Å²) in [6, 6.07) is 9.81. The molecule has 1 aromatic rings. The highest BCUT2D eigenvalue weighted by molar-refractivity contribution is 5.14. The smallest absolute Gasteiger partial charge is 0.272 e. The fourth-order valence-electron chi connectivity index (χ4n) is 1.86. The van der Waals surface area contributed by atoms with Gasteiger partial charge in [0, 0.05) is 12.6 Å². The number of nitrogens with zero attached hydrogens (tertiary/aromatic N) is 1. The maximum atomic E-state index is 13.8. The van der Waals surface area contributed by atoms with E-state index in [0.29, 0.717) is 13.1 Å². The summed E-state index contributed by atoms with van der Waals surface area (Å²) >= 11 is 0. The average Bonchev–Trinajstić information content (AvgIpc) is 2.37. The Labute approximate surface area is 114 Å². The first kappa shape index (κ1) is 16.1. The first-order chi connectivity index (χ1) is 8.93. The van der Waals surface area contributed by atoms with Gasteiger partial charge in [-0.15, -0.1) is 0 Å². The molecule has 0 bridgehead atoms. The van der Waals surface area contributed by atoms with Crippen LogP contribution in [0.25, 0.3) is 0 Å². The van der Waals surface area contributed by atoms with Gasteiger partial charge in [0.25, 0.3) is 5.92 Å². The Morgan fingerprint density at radius 1 is 1.21 bits per heavy atom. The van der Waals surface area contributed by atoms with E-state index in [4.69, 9.17) is 0 Å². The Balaban J connectivity index is 2.51. The van der Waals surface area contributed by atoms with Crippen molar-refractivity contribution in [3.05, 3.63) is 35.9 Å². The Morgan fingerprint density at radius 2 is 1.84 bits per heavy atom. The van der Waals surface area contributed by atoms with Crippen LogP contribution in [0.5, 0.6) is 0 Å². The lowest BCUT2D eigenvalue weighted by Gasteiger charge is -2.27. The molecule has 0 fully saturated rings. The second-order valence-corrected chi connectivity index (χ2v) is 5.18. The SMILES string of the molecule is CCN(Cc1ccccc1)CC(F)(F)CNC(C)C. The van der Waals surface area contributed by atoms with Gasteiger partial charge in [-0.2, -0.15) is 0 Å². The zero-order valence-electron chi connectivity index (χ0n) is 12.0. The monoisotopic (exact) mass is 270 g/mol. The second-order valence-electron chi connectivity index (χ2n) is 5.18. The fourth-order valence-corrected chi connectivity index (χ4v) is 1.86. The van der Waals surface area contributed by atoms with Crippen molar-refractivity contribution in [3.63, 3.8) is 0 Å². The Morgan fingerprint density at radius 3 is 2.37 bits per heavy atom. The Hall–Kier alpha value is -1.00. The van der Waals surface area contributed by atoms with Crippen molar-refractivity contribution in [2.75, 3.05) is 19.6 Å². The van der Waals surface area contributed by atoms with Crippen molar-refractivity contribution >= 4 is 0 Å². The van der Waals surface area contributed by atoms with Crippen molar-refractivity contribution in [1.29, 1.82) is 0 Å². The van der Waals surface area contributed by atoms with Crippen molar-refractivity contribution in [3.8, 4) is 0 Å². The molecule has 0 aromatic heterocycles. The molecular weight excluding hydrogens is 246 g/mol. The lowest BCUT2D eigenvalue weighted by atomic mass is 10.2. The number of hydrogen-bond donors (Lipinski definition) is 1. The normalized spacial score (nSPS) is 12.4. The van der Waals surface area contributed by atoms with Crippen molar-refractivity contribution in [2.24, 2.45) is 0 Å². The van der Waals surface area contributed by atoms with E-state index >= 15 is 0 Å². The number of rotatable bonds is 8. The zero-order chi connectivity index (χ0) is 14.3. The summed E-state index contributed by atoms with van der Waals surface area (Å²) in [5.41, 5.74) is 1.07. The molecule has 0 heterocycles. The van der Waals surface area contributed by atoms with Gasteiger partial charge in [0.05, 0.1) is 13.1 Å². The summed E-state index contributed by atoms with van der Waals surface area (Å²) in [6.07, 6.45) is 0. The third-order valence-corrected chi connectivity index (χ3v) is 2.92. The van der Waals surface area contributed by atoms with E-state index < -0.39 is 5.92 Å². The largest absolute Gasteiger partial charge is 0.309 e. The quantitative estimate of drug-likeness (QED) is 0.780. The molecule has 2 nitrogen and oxygen atoms in total. The Kier molecular flexibility index (Phi) is 6.38. The summed E-state index contributed by atoms with van der Waals surface area (Å²) < 4.78 is 27.6. The third-order valence-electron chi connectivity index (χ3n) is 2.92. The summed E-state index contributed by atoms with van der Waals surface area (Å²) in [5, 5.41) is 2.80. The second kappa shape index (κ2) is 7.56. The van der Waals surface area contributed by atoms with Gasteiger partial charge in [-0.25, -0.2) is 8.78 Å². The number of alkyl halides is 2. The van der Waals surface area contributed by atoms with Gasteiger partial charge in [-0.05, 0) is 12.1 Å². The van der Waals surface area contributed by atoms with E-state index in [1.807, 2.05) is 51.1 Å². The van der Waals surface area contributed by atoms with E-state index in [0.717, 1.165) is 5.56 Å². The number of halogens is 2. The van der Waals surface area contributed by atoms with Crippen molar-refractivity contribution in [1.82, 2.24) is 10.2 Å². The minimum Gasteiger partial charge on any atom is -0.309 e. The van der Waals surface area contributed by atoms with E-state index in [1.54, 1.807) is 4.90 Å². The van der Waals surface area contributed by atoms with Crippen LogP contribution < -0.4 is 5.32 Å². The molecule has 0 atom stereocenters. The Bertz CT molecular complexity index is 352. The van der Waals surface area contributed by atoms with Crippen LogP contribution in [-0.2, 0) is 6.54 Å². The number of nitrogens with one attached hydrogen (secondary N) is 1. The molecule has 0 radical (unpaired) electrons. The lowest BCUT2D eigenvalue weighted by molar-refractivity contribution is -0.0326. The molecule has 0 amide bonds. The first-order valence-electron chi connectivity index (χ1n) is 6.80. The molecule has 0 aliphatic heterocycles. The number of hydrogen-bond acceptors (Lipinski definition) is 2. The topological polar surface area (TPSA) is 15.3 Å². The standard InChI is InChI=1S/C15H24F2N2/c1-4-19(10-14-8-6-5-7-9-14)12-15(16,17)11-18-13(2)3/h5-9,13,18H,4,10-12H2,1-3H3. The summed E-state index contributed by atoms with van der Waals surface area (Å²) in [5.74, 6) is -2.70. The molecule has 1 aromatic carbocycles. The molecule has 19 heavy (non-hydrogen) atoms. The summed E-state index contributed by atoms with van der Waals surface area (Å²) in [6.45, 7) is 6.36. The molecular formula is C15H24F2N2. The fraction of sp³-hybridized carbons (Fsp3) is 0.600. The van der Waals surface area contributed by atoms with Crippen LogP contribution in [-0.4, -0.2) is 36.5 Å². The van der Waals surface area contributed by atoms with E-state index in [2.05, 4.69) is 5.32 Å². The molecule has 0 saturated carbocycles. The van der Waals surface area contributed by atoms with Crippen LogP contribution in [0.15, 0.2) is 30.3 Å². The van der Waals surface area contributed by atoms with Gasteiger partial charge < -0.3 is 5.32 Å². The predicted molar refractivity (Wildman–Crippen MR) is 75.5 cm³/mol. The zero-order valence-corrected chi connectivity index (χ0v) is 12.0. The van der Waals surface area contributed by atoms with Crippen molar-refractivity contribution < 1.29 is 8.78 Å². The van der Waals surface area contributed by atoms with Gasteiger partial charge in [0.2, 0.25) is 0 Å². The maximum Gasteiger partial charge on any atom is 0.272 e. The first-order valence-corrected chi connectivity index (χ1v) is 6.80. The maximum absolute atomic E-state index is 13.8. The molecule has 0 aliphatic carbocycles. The number of benzene rings is 1. The highest BCUT2D eigenvalue weighted by atomic mass is 19.3. The van der Waals surface area contributed by atoms with Crippen LogP contribution >= 0.6 is 0 Å². The molecule has 1 N–H and O–H groups in total. The highest BCUT2D eigenvalue weighted by Crippen LogP contribution is 2.16. The van der Waals surface area contributed by atoms with Gasteiger partial charge in [0.15, 0.2) is 0 Å². The molecule has 0 aliphatic rings. The molecule has 0 saturated heterocycles. The minimum atomic E-state index is -2.70. The predicted octanol–water partition coefficient (Wildman–Crippen LogP) is 3.14. The molecule has 108 valence electrons. The molecule has 0 unspecified atom stereocenters. The van der Waals surface area contributed by atoms with Crippen LogP contribution in [0.4, 0.5) is 8.78 Å². The van der Waals surface area contributed by atoms with E-state index in [-0.39, 0.29) is 19.1 Å². The van der Waals surface area contributed by atoms with Gasteiger partial charge in [-0.3, -0.25) is 4.90 Å². The van der Waals surface area contributed by atoms with E-state index in [1.165, 1.54) is 0 Å². The lowest BCUT2D eigenvalue weighted by Crippen LogP contribution is -2.44. The van der Waals surface area contributed by atoms with Crippen LogP contribution in [0.3, 0.4) is 0 Å². The van der Waals surface area contributed by atoms with Gasteiger partial charge in [-0.1, -0.05) is 51.1 Å². The summed E-state index contributed by atoms with van der Waals surface area (Å²) in [4.78, 5) is 1.78. The third kappa shape index (κ3) is 6.64. The molecule has 4 heteroatoms. The van der Waals surface area contributed by atoms with Crippen LogP contribution in [0, 0.1) is 0 Å². The van der Waals surface area contributed by atoms with Gasteiger partial charge >= 0.3 is 0 Å². The van der Waals surface area contributed by atoms with Gasteiger partial charge in [0.1, 0.15) is 0 Å². The minimum absolute atomic E-state index is 0.0788. The van der Waals surface area contributed by atoms with E-state index in [9.17, 15) is 8.78 Å². The highest BCUT2D eigenvalue weighted by Gasteiger charge is 2.31. The summed E-state index contributed by atoms with van der Waals surface area (Å²) in [7, 11) is 0. The van der Waals surface area contributed by atoms with Crippen LogP contribution in [0.2, 0.25) is 0 Å². The van der Waals surface area contributed by atoms with Crippen molar-refractivity contribution in [2.45, 2.75) is 39.3 Å².